The molecular weight excluding hydrogens is 184 g/mol. The van der Waals surface area contributed by atoms with E-state index in [2.05, 4.69) is 5.32 Å². The van der Waals surface area contributed by atoms with Gasteiger partial charge < -0.3 is 5.32 Å². The minimum atomic E-state index is -0.474. The normalized spacial score (nSPS) is 12.9. The molecule has 0 bridgehead atoms. The van der Waals surface area contributed by atoms with Crippen molar-refractivity contribution in [3.63, 3.8) is 0 Å². The molecule has 3 heteroatoms. The van der Waals surface area contributed by atoms with Crippen LogP contribution < -0.4 is 5.32 Å². The first-order valence-electron chi connectivity index (χ1n) is 4.81. The number of hydrogen-bond acceptors (Lipinski definition) is 1. The third-order valence-corrected chi connectivity index (χ3v) is 2.27. The second-order valence-corrected chi connectivity index (χ2v) is 3.27. The van der Waals surface area contributed by atoms with Gasteiger partial charge in [0.15, 0.2) is 0 Å². The summed E-state index contributed by atoms with van der Waals surface area (Å²) in [6.45, 7) is 1.99. The van der Waals surface area contributed by atoms with Gasteiger partial charge in [-0.15, -0.1) is 0 Å². The molecule has 1 rings (SSSR count). The van der Waals surface area contributed by atoms with Gasteiger partial charge in [0, 0.05) is 11.6 Å². The summed E-state index contributed by atoms with van der Waals surface area (Å²) in [4.78, 5) is 0. The van der Waals surface area contributed by atoms with Gasteiger partial charge in [-0.05, 0) is 25.6 Å². The lowest BCUT2D eigenvalue weighted by molar-refractivity contribution is 0.468. The van der Waals surface area contributed by atoms with Gasteiger partial charge in [0.2, 0.25) is 0 Å². The number of halogens is 2. The first-order valence-corrected chi connectivity index (χ1v) is 4.81. The molecule has 0 aliphatic heterocycles. The molecule has 0 aliphatic carbocycles. The van der Waals surface area contributed by atoms with Gasteiger partial charge in [-0.2, -0.15) is 0 Å². The second-order valence-electron chi connectivity index (χ2n) is 3.27. The van der Waals surface area contributed by atoms with Crippen LogP contribution in [0.3, 0.4) is 0 Å². The summed E-state index contributed by atoms with van der Waals surface area (Å²) in [6.07, 6.45) is 1.62. The molecule has 1 aromatic rings. The molecule has 0 radical (unpaired) electrons. The molecule has 1 N–H and O–H groups in total. The third-order valence-electron chi connectivity index (χ3n) is 2.27. The zero-order valence-corrected chi connectivity index (χ0v) is 8.48. The summed E-state index contributed by atoms with van der Waals surface area (Å²) in [5, 5.41) is 2.92. The zero-order chi connectivity index (χ0) is 10.6. The van der Waals surface area contributed by atoms with E-state index in [9.17, 15) is 8.78 Å². The Morgan fingerprint density at radius 3 is 2.29 bits per heavy atom. The number of rotatable bonds is 4. The summed E-state index contributed by atoms with van der Waals surface area (Å²) >= 11 is 0. The van der Waals surface area contributed by atoms with Crippen molar-refractivity contribution < 1.29 is 8.78 Å². The SMILES string of the molecule is CCCC(NC)c1c(F)cccc1F. The molecule has 0 saturated heterocycles. The Labute approximate surface area is 83.1 Å². The van der Waals surface area contributed by atoms with Gasteiger partial charge in [0.1, 0.15) is 11.6 Å². The van der Waals surface area contributed by atoms with Crippen molar-refractivity contribution in [3.05, 3.63) is 35.4 Å². The fourth-order valence-corrected chi connectivity index (χ4v) is 1.57. The quantitative estimate of drug-likeness (QED) is 0.786. The van der Waals surface area contributed by atoms with Crippen molar-refractivity contribution in [2.24, 2.45) is 0 Å². The van der Waals surface area contributed by atoms with Crippen LogP contribution in [-0.4, -0.2) is 7.05 Å². The fraction of sp³-hybridized carbons (Fsp3) is 0.455. The van der Waals surface area contributed by atoms with Gasteiger partial charge in [-0.3, -0.25) is 0 Å². The van der Waals surface area contributed by atoms with E-state index < -0.39 is 11.6 Å². The van der Waals surface area contributed by atoms with Crippen LogP contribution in [0.1, 0.15) is 31.4 Å². The predicted octanol–water partition coefficient (Wildman–Crippen LogP) is 3.03. The van der Waals surface area contributed by atoms with Crippen LogP contribution in [0.2, 0.25) is 0 Å². The van der Waals surface area contributed by atoms with E-state index in [1.807, 2.05) is 6.92 Å². The zero-order valence-electron chi connectivity index (χ0n) is 8.48. The van der Waals surface area contributed by atoms with Crippen LogP contribution in [0.4, 0.5) is 8.78 Å². The Morgan fingerprint density at radius 1 is 1.29 bits per heavy atom. The summed E-state index contributed by atoms with van der Waals surface area (Å²) in [7, 11) is 1.71. The van der Waals surface area contributed by atoms with E-state index in [0.29, 0.717) is 0 Å². The third kappa shape index (κ3) is 2.29. The number of hydrogen-bond donors (Lipinski definition) is 1. The van der Waals surface area contributed by atoms with Gasteiger partial charge in [0.05, 0.1) is 0 Å². The lowest BCUT2D eigenvalue weighted by atomic mass is 10.0. The Kier molecular flexibility index (Phi) is 4.01. The Morgan fingerprint density at radius 2 is 1.86 bits per heavy atom. The van der Waals surface area contributed by atoms with Crippen LogP contribution in [0, 0.1) is 11.6 Å². The molecule has 0 aromatic heterocycles. The van der Waals surface area contributed by atoms with E-state index >= 15 is 0 Å². The highest BCUT2D eigenvalue weighted by atomic mass is 19.1. The van der Waals surface area contributed by atoms with E-state index in [0.717, 1.165) is 12.8 Å². The van der Waals surface area contributed by atoms with E-state index in [1.54, 1.807) is 7.05 Å². The van der Waals surface area contributed by atoms with Crippen LogP contribution in [0.15, 0.2) is 18.2 Å². The molecule has 78 valence electrons. The maximum atomic E-state index is 13.3. The molecule has 1 nitrogen and oxygen atoms in total. The van der Waals surface area contributed by atoms with Crippen LogP contribution >= 0.6 is 0 Å². The van der Waals surface area contributed by atoms with Crippen molar-refractivity contribution in [2.75, 3.05) is 7.05 Å². The van der Waals surface area contributed by atoms with E-state index in [1.165, 1.54) is 18.2 Å². The molecule has 0 saturated carbocycles. The van der Waals surface area contributed by atoms with Crippen LogP contribution in [0.5, 0.6) is 0 Å². The summed E-state index contributed by atoms with van der Waals surface area (Å²) in [6, 6.07) is 3.73. The van der Waals surface area contributed by atoms with E-state index in [4.69, 9.17) is 0 Å². The van der Waals surface area contributed by atoms with Gasteiger partial charge in [-0.1, -0.05) is 19.4 Å². The van der Waals surface area contributed by atoms with Crippen LogP contribution in [-0.2, 0) is 0 Å². The van der Waals surface area contributed by atoms with Gasteiger partial charge in [-0.25, -0.2) is 8.78 Å². The first-order chi connectivity index (χ1) is 6.70. The Hall–Kier alpha value is -0.960. The summed E-state index contributed by atoms with van der Waals surface area (Å²) in [5.74, 6) is -0.949. The second kappa shape index (κ2) is 5.05. The molecule has 0 heterocycles. The fourth-order valence-electron chi connectivity index (χ4n) is 1.57. The lowest BCUT2D eigenvalue weighted by Gasteiger charge is -2.16. The molecular formula is C11H15F2N. The molecule has 1 aromatic carbocycles. The molecule has 0 aliphatic rings. The molecule has 1 atom stereocenters. The van der Waals surface area contributed by atoms with Crippen molar-refractivity contribution >= 4 is 0 Å². The predicted molar refractivity (Wildman–Crippen MR) is 53.1 cm³/mol. The molecule has 0 fully saturated rings. The van der Waals surface area contributed by atoms with Crippen molar-refractivity contribution in [1.29, 1.82) is 0 Å². The highest BCUT2D eigenvalue weighted by Gasteiger charge is 2.17. The highest BCUT2D eigenvalue weighted by molar-refractivity contribution is 5.23. The molecule has 1 unspecified atom stereocenters. The molecule has 14 heavy (non-hydrogen) atoms. The minimum absolute atomic E-state index is 0.150. The topological polar surface area (TPSA) is 12.0 Å². The largest absolute Gasteiger partial charge is 0.313 e. The highest BCUT2D eigenvalue weighted by Crippen LogP contribution is 2.23. The van der Waals surface area contributed by atoms with Gasteiger partial charge in [0.25, 0.3) is 0 Å². The van der Waals surface area contributed by atoms with Crippen molar-refractivity contribution in [3.8, 4) is 0 Å². The van der Waals surface area contributed by atoms with E-state index in [-0.39, 0.29) is 11.6 Å². The Balaban J connectivity index is 3.02. The smallest absolute Gasteiger partial charge is 0.130 e. The van der Waals surface area contributed by atoms with Gasteiger partial charge >= 0.3 is 0 Å². The standard InChI is InChI=1S/C11H15F2N/c1-3-5-10(14-2)11-8(12)6-4-7-9(11)13/h4,6-7,10,14H,3,5H2,1-2H3. The summed E-state index contributed by atoms with van der Waals surface area (Å²) in [5.41, 5.74) is 0.150. The maximum Gasteiger partial charge on any atom is 0.130 e. The van der Waals surface area contributed by atoms with Crippen molar-refractivity contribution in [2.45, 2.75) is 25.8 Å². The lowest BCUT2D eigenvalue weighted by Crippen LogP contribution is -2.18. The summed E-state index contributed by atoms with van der Waals surface area (Å²) < 4.78 is 26.7. The average molecular weight is 199 g/mol. The molecule has 0 amide bonds. The minimum Gasteiger partial charge on any atom is -0.313 e. The van der Waals surface area contributed by atoms with Crippen LogP contribution in [0.25, 0.3) is 0 Å². The number of benzene rings is 1. The maximum absolute atomic E-state index is 13.3. The first kappa shape index (κ1) is 11.1. The Bertz CT molecular complexity index is 279. The monoisotopic (exact) mass is 199 g/mol. The number of nitrogens with one attached hydrogen (secondary N) is 1. The average Bonchev–Trinajstić information content (AvgIpc) is 2.16. The molecule has 0 spiro atoms. The van der Waals surface area contributed by atoms with Crippen molar-refractivity contribution in [1.82, 2.24) is 5.32 Å².